The highest BCUT2D eigenvalue weighted by molar-refractivity contribution is 7.23. The number of pyridine rings is 1. The largest absolute Gasteiger partial charge is 0.493 e. The highest BCUT2D eigenvalue weighted by Gasteiger charge is 2.19. The van der Waals surface area contributed by atoms with Crippen molar-refractivity contribution in [3.05, 3.63) is 54.6 Å². The van der Waals surface area contributed by atoms with Gasteiger partial charge in [-0.2, -0.15) is 0 Å². The molecule has 6 heteroatoms. The van der Waals surface area contributed by atoms with Gasteiger partial charge in [0, 0.05) is 46.6 Å². The molecule has 0 radical (unpaired) electrons. The Kier molecular flexibility index (Phi) is 3.97. The quantitative estimate of drug-likeness (QED) is 0.696. The first kappa shape index (κ1) is 15.8. The molecule has 1 aliphatic heterocycles. The fourth-order valence-electron chi connectivity index (χ4n) is 2.96. The average molecular weight is 353 g/mol. The van der Waals surface area contributed by atoms with E-state index in [4.69, 9.17) is 9.47 Å². The van der Waals surface area contributed by atoms with Gasteiger partial charge in [0.25, 0.3) is 0 Å². The fourth-order valence-corrected chi connectivity index (χ4v) is 4.03. The van der Waals surface area contributed by atoms with E-state index in [1.54, 1.807) is 25.6 Å². The number of aryl methyl sites for hydroxylation is 1. The van der Waals surface area contributed by atoms with E-state index in [0.717, 1.165) is 23.9 Å². The summed E-state index contributed by atoms with van der Waals surface area (Å²) >= 11 is 1.80. The number of nitrogens with zero attached hydrogens (tertiary/aromatic N) is 3. The lowest BCUT2D eigenvalue weighted by Gasteiger charge is -2.21. The van der Waals surface area contributed by atoms with Crippen LogP contribution in [-0.2, 0) is 0 Å². The molecule has 3 heterocycles. The van der Waals surface area contributed by atoms with Crippen molar-refractivity contribution in [3.63, 3.8) is 0 Å². The molecule has 0 saturated heterocycles. The first-order chi connectivity index (χ1) is 12.2. The van der Waals surface area contributed by atoms with Gasteiger partial charge in [-0.15, -0.1) is 11.3 Å². The van der Waals surface area contributed by atoms with Gasteiger partial charge in [-0.3, -0.25) is 4.98 Å². The molecule has 0 atom stereocenters. The van der Waals surface area contributed by atoms with E-state index in [1.165, 1.54) is 20.7 Å². The van der Waals surface area contributed by atoms with Crippen LogP contribution in [0, 0.1) is 6.92 Å². The summed E-state index contributed by atoms with van der Waals surface area (Å²) in [7, 11) is 3.30. The maximum Gasteiger partial charge on any atom is 0.162 e. The topological polar surface area (TPSA) is 37.8 Å². The van der Waals surface area contributed by atoms with Crippen molar-refractivity contribution in [1.29, 1.82) is 0 Å². The standard InChI is InChI=1S/C19H19N3O2S/c1-13-10-20-11-14-8-18(25-19(13)14)22-7-6-21(12-22)15-4-5-16(23-2)17(9-15)24-3/h4-11H,12H2,1-3H3. The molecule has 0 unspecified atom stereocenters. The number of aromatic nitrogens is 1. The summed E-state index contributed by atoms with van der Waals surface area (Å²) in [5.41, 5.74) is 2.28. The van der Waals surface area contributed by atoms with Crippen molar-refractivity contribution < 1.29 is 9.47 Å². The van der Waals surface area contributed by atoms with Crippen molar-refractivity contribution in [3.8, 4) is 11.5 Å². The second-order valence-electron chi connectivity index (χ2n) is 5.88. The number of rotatable bonds is 4. The number of anilines is 2. The number of thiophene rings is 1. The van der Waals surface area contributed by atoms with Crippen molar-refractivity contribution in [1.82, 2.24) is 4.98 Å². The van der Waals surface area contributed by atoms with Crippen LogP contribution in [0.15, 0.2) is 49.1 Å². The van der Waals surface area contributed by atoms with Crippen LogP contribution in [0.1, 0.15) is 5.56 Å². The maximum atomic E-state index is 5.41. The lowest BCUT2D eigenvalue weighted by molar-refractivity contribution is 0.355. The van der Waals surface area contributed by atoms with E-state index in [1.807, 2.05) is 30.6 Å². The molecule has 0 aliphatic carbocycles. The number of methoxy groups -OCH3 is 2. The third-order valence-electron chi connectivity index (χ3n) is 4.30. The molecule has 2 aromatic heterocycles. The SMILES string of the molecule is COc1ccc(N2C=CN(c3cc4cncc(C)c4s3)C2)cc1OC. The highest BCUT2D eigenvalue weighted by atomic mass is 32.1. The number of ether oxygens (including phenoxy) is 2. The molecular weight excluding hydrogens is 334 g/mol. The summed E-state index contributed by atoms with van der Waals surface area (Å²) in [5.74, 6) is 1.47. The van der Waals surface area contributed by atoms with Crippen LogP contribution < -0.4 is 19.3 Å². The van der Waals surface area contributed by atoms with Gasteiger partial charge < -0.3 is 19.3 Å². The van der Waals surface area contributed by atoms with E-state index in [9.17, 15) is 0 Å². The minimum Gasteiger partial charge on any atom is -0.493 e. The van der Waals surface area contributed by atoms with E-state index in [-0.39, 0.29) is 0 Å². The molecule has 0 saturated carbocycles. The molecule has 0 N–H and O–H groups in total. The average Bonchev–Trinajstić information content (AvgIpc) is 3.28. The minimum atomic E-state index is 0.732. The summed E-state index contributed by atoms with van der Waals surface area (Å²) in [6.45, 7) is 2.86. The van der Waals surface area contributed by atoms with Crippen LogP contribution >= 0.6 is 11.3 Å². The predicted octanol–water partition coefficient (Wildman–Crippen LogP) is 4.38. The highest BCUT2D eigenvalue weighted by Crippen LogP contribution is 2.37. The second kappa shape index (κ2) is 6.29. The molecule has 0 amide bonds. The van der Waals surface area contributed by atoms with Crippen LogP contribution in [0.3, 0.4) is 0 Å². The van der Waals surface area contributed by atoms with Crippen molar-refractivity contribution in [2.45, 2.75) is 6.92 Å². The van der Waals surface area contributed by atoms with Gasteiger partial charge in [-0.05, 0) is 30.7 Å². The van der Waals surface area contributed by atoms with Crippen LogP contribution in [0.5, 0.6) is 11.5 Å². The maximum absolute atomic E-state index is 5.41. The van der Waals surface area contributed by atoms with Crippen molar-refractivity contribution >= 4 is 32.1 Å². The third-order valence-corrected chi connectivity index (χ3v) is 5.62. The molecule has 128 valence electrons. The Bertz CT molecular complexity index is 951. The second-order valence-corrected chi connectivity index (χ2v) is 6.91. The molecule has 1 aliphatic rings. The van der Waals surface area contributed by atoms with Crippen molar-refractivity contribution in [2.24, 2.45) is 0 Å². The van der Waals surface area contributed by atoms with Gasteiger partial charge >= 0.3 is 0 Å². The first-order valence-electron chi connectivity index (χ1n) is 7.97. The van der Waals surface area contributed by atoms with Gasteiger partial charge in [0.1, 0.15) is 0 Å². The van der Waals surface area contributed by atoms with Crippen molar-refractivity contribution in [2.75, 3.05) is 30.7 Å². The minimum absolute atomic E-state index is 0.732. The molecule has 0 bridgehead atoms. The Morgan fingerprint density at radius 3 is 2.56 bits per heavy atom. The zero-order chi connectivity index (χ0) is 17.4. The van der Waals surface area contributed by atoms with Crippen LogP contribution in [-0.4, -0.2) is 25.9 Å². The summed E-state index contributed by atoms with van der Waals surface area (Å²) < 4.78 is 12.0. The summed E-state index contributed by atoms with van der Waals surface area (Å²) in [6, 6.07) is 8.15. The van der Waals surface area contributed by atoms with Crippen LogP contribution in [0.4, 0.5) is 10.7 Å². The lowest BCUT2D eigenvalue weighted by atomic mass is 10.2. The number of hydrogen-bond donors (Lipinski definition) is 0. The van der Waals surface area contributed by atoms with E-state index in [0.29, 0.717) is 0 Å². The zero-order valence-electron chi connectivity index (χ0n) is 14.4. The normalized spacial score (nSPS) is 13.7. The van der Waals surface area contributed by atoms with Gasteiger partial charge in [0.05, 0.1) is 25.9 Å². The van der Waals surface area contributed by atoms with Gasteiger partial charge in [0.2, 0.25) is 0 Å². The third kappa shape index (κ3) is 2.78. The molecule has 25 heavy (non-hydrogen) atoms. The zero-order valence-corrected chi connectivity index (χ0v) is 15.2. The fraction of sp³-hybridized carbons (Fsp3) is 0.211. The van der Waals surface area contributed by atoms with E-state index >= 15 is 0 Å². The first-order valence-corrected chi connectivity index (χ1v) is 8.79. The summed E-state index contributed by atoms with van der Waals surface area (Å²) in [5, 5.41) is 2.41. The molecular formula is C19H19N3O2S. The molecule has 5 nitrogen and oxygen atoms in total. The van der Waals surface area contributed by atoms with E-state index in [2.05, 4.69) is 40.2 Å². The predicted molar refractivity (Wildman–Crippen MR) is 103 cm³/mol. The molecule has 3 aromatic rings. The molecule has 0 fully saturated rings. The Labute approximate surface area is 150 Å². The number of fused-ring (bicyclic) bond motifs is 1. The molecule has 0 spiro atoms. The Morgan fingerprint density at radius 2 is 1.80 bits per heavy atom. The number of benzene rings is 1. The Hall–Kier alpha value is -2.73. The van der Waals surface area contributed by atoms with Gasteiger partial charge in [-0.25, -0.2) is 0 Å². The number of hydrogen-bond acceptors (Lipinski definition) is 6. The van der Waals surface area contributed by atoms with Gasteiger partial charge in [0.15, 0.2) is 11.5 Å². The Balaban J connectivity index is 1.59. The molecule has 4 rings (SSSR count). The molecule has 1 aromatic carbocycles. The van der Waals surface area contributed by atoms with E-state index < -0.39 is 0 Å². The van der Waals surface area contributed by atoms with Crippen LogP contribution in [0.25, 0.3) is 10.1 Å². The summed E-state index contributed by atoms with van der Waals surface area (Å²) in [4.78, 5) is 8.70. The Morgan fingerprint density at radius 1 is 1.00 bits per heavy atom. The monoisotopic (exact) mass is 353 g/mol. The van der Waals surface area contributed by atoms with Crippen LogP contribution in [0.2, 0.25) is 0 Å². The van der Waals surface area contributed by atoms with Gasteiger partial charge in [-0.1, -0.05) is 0 Å². The lowest BCUT2D eigenvalue weighted by Crippen LogP contribution is -2.23. The summed E-state index contributed by atoms with van der Waals surface area (Å²) in [6.07, 6.45) is 8.02. The smallest absolute Gasteiger partial charge is 0.162 e.